The molecule has 1 aliphatic rings. The topological polar surface area (TPSA) is 63.6 Å². The second-order valence-corrected chi connectivity index (χ2v) is 7.41. The van der Waals surface area contributed by atoms with Crippen LogP contribution in [0.1, 0.15) is 64.1 Å². The third-order valence-corrected chi connectivity index (χ3v) is 5.07. The summed E-state index contributed by atoms with van der Waals surface area (Å²) in [5, 5.41) is 9.90. The van der Waals surface area contributed by atoms with Gasteiger partial charge in [0.2, 0.25) is 5.78 Å². The maximum Gasteiger partial charge on any atom is 0.341 e. The summed E-state index contributed by atoms with van der Waals surface area (Å²) in [7, 11) is 1.24. The maximum absolute atomic E-state index is 12.5. The highest BCUT2D eigenvalue weighted by molar-refractivity contribution is 6.09. The van der Waals surface area contributed by atoms with Crippen LogP contribution in [0, 0.1) is 11.8 Å². The van der Waals surface area contributed by atoms with Gasteiger partial charge in [-0.3, -0.25) is 4.79 Å². The number of ketones is 1. The largest absolute Gasteiger partial charge is 0.507 e. The third kappa shape index (κ3) is 3.88. The van der Waals surface area contributed by atoms with Gasteiger partial charge in [0.05, 0.1) is 7.11 Å². The fraction of sp³-hybridized carbons (Fsp3) is 0.304. The first-order valence-electron chi connectivity index (χ1n) is 8.93. The molecule has 0 bridgehead atoms. The molecule has 27 heavy (non-hydrogen) atoms. The number of benzene rings is 2. The molecular weight excluding hydrogens is 340 g/mol. The van der Waals surface area contributed by atoms with Gasteiger partial charge in [0.15, 0.2) is 0 Å². The first kappa shape index (κ1) is 18.7. The van der Waals surface area contributed by atoms with Crippen LogP contribution in [-0.4, -0.2) is 24.0 Å². The van der Waals surface area contributed by atoms with Crippen LogP contribution in [0.4, 0.5) is 0 Å². The van der Waals surface area contributed by atoms with Gasteiger partial charge in [-0.1, -0.05) is 31.9 Å². The Morgan fingerprint density at radius 1 is 1.15 bits per heavy atom. The van der Waals surface area contributed by atoms with Crippen LogP contribution in [0.25, 0.3) is 0 Å². The summed E-state index contributed by atoms with van der Waals surface area (Å²) >= 11 is 0. The molecule has 2 aromatic rings. The minimum absolute atomic E-state index is 0.0617. The zero-order chi connectivity index (χ0) is 19.6. The Bertz CT molecular complexity index is 974. The molecule has 0 unspecified atom stereocenters. The van der Waals surface area contributed by atoms with Crippen molar-refractivity contribution >= 4 is 11.8 Å². The molecule has 1 aliphatic carbocycles. The molecule has 2 aromatic carbocycles. The third-order valence-electron chi connectivity index (χ3n) is 5.07. The van der Waals surface area contributed by atoms with Crippen molar-refractivity contribution in [3.63, 3.8) is 0 Å². The van der Waals surface area contributed by atoms with Gasteiger partial charge >= 0.3 is 5.97 Å². The van der Waals surface area contributed by atoms with Crippen molar-refractivity contribution in [1.29, 1.82) is 0 Å². The number of phenolic OH excluding ortho intramolecular Hbond substituents is 1. The number of hydrogen-bond donors (Lipinski definition) is 1. The summed E-state index contributed by atoms with van der Waals surface area (Å²) in [6.45, 7) is 4.47. The molecule has 0 saturated carbocycles. The number of methoxy groups -OCH3 is 1. The molecule has 0 saturated heterocycles. The van der Waals surface area contributed by atoms with Gasteiger partial charge < -0.3 is 9.84 Å². The quantitative estimate of drug-likeness (QED) is 0.498. The lowest BCUT2D eigenvalue weighted by molar-refractivity contribution is 0.0597. The molecule has 0 amide bonds. The van der Waals surface area contributed by atoms with E-state index >= 15 is 0 Å². The molecule has 1 N–H and O–H groups in total. The Kier molecular flexibility index (Phi) is 5.05. The number of rotatable bonds is 2. The molecular formula is C23H22O4. The molecule has 0 fully saturated rings. The molecule has 0 radical (unpaired) electrons. The first-order chi connectivity index (χ1) is 12.8. The minimum atomic E-state index is -0.625. The normalized spacial score (nSPS) is 14.5. The zero-order valence-electron chi connectivity index (χ0n) is 15.8. The highest BCUT2D eigenvalue weighted by atomic mass is 16.5. The predicted molar refractivity (Wildman–Crippen MR) is 103 cm³/mol. The zero-order valence-corrected chi connectivity index (χ0v) is 15.8. The molecule has 3 rings (SSSR count). The minimum Gasteiger partial charge on any atom is -0.507 e. The van der Waals surface area contributed by atoms with Gasteiger partial charge in [-0.15, -0.1) is 0 Å². The van der Waals surface area contributed by atoms with Gasteiger partial charge in [-0.05, 0) is 66.0 Å². The standard InChI is InChI=1S/C23H22O4/c1-23(2)12-4-5-16-14-17(8-10-19(16)23)20(24)11-7-15-6-9-18(21(25)13-15)22(26)27-3/h6,8-10,13-14,25H,4-5,12H2,1-3H3. The fourth-order valence-electron chi connectivity index (χ4n) is 3.55. The van der Waals surface area contributed by atoms with Gasteiger partial charge in [0.25, 0.3) is 0 Å². The van der Waals surface area contributed by atoms with E-state index in [4.69, 9.17) is 0 Å². The molecule has 0 aromatic heterocycles. The monoisotopic (exact) mass is 362 g/mol. The van der Waals surface area contributed by atoms with E-state index < -0.39 is 5.97 Å². The summed E-state index contributed by atoms with van der Waals surface area (Å²) in [5.41, 5.74) is 3.76. The summed E-state index contributed by atoms with van der Waals surface area (Å²) in [6, 6.07) is 10.2. The number of phenols is 1. The van der Waals surface area contributed by atoms with Crippen LogP contribution >= 0.6 is 0 Å². The molecule has 0 aliphatic heterocycles. The van der Waals surface area contributed by atoms with E-state index in [0.29, 0.717) is 11.1 Å². The van der Waals surface area contributed by atoms with E-state index in [0.717, 1.165) is 19.3 Å². The number of hydrogen-bond acceptors (Lipinski definition) is 4. The Balaban J connectivity index is 1.83. The highest BCUT2D eigenvalue weighted by Gasteiger charge is 2.27. The molecule has 4 heteroatoms. The second-order valence-electron chi connectivity index (χ2n) is 7.41. The molecule has 0 atom stereocenters. The average molecular weight is 362 g/mol. The number of ether oxygens (including phenoxy) is 1. The number of aromatic hydroxyl groups is 1. The van der Waals surface area contributed by atoms with Gasteiger partial charge in [0.1, 0.15) is 11.3 Å². The van der Waals surface area contributed by atoms with E-state index in [1.807, 2.05) is 18.2 Å². The first-order valence-corrected chi connectivity index (χ1v) is 8.93. The Labute approximate surface area is 159 Å². The smallest absolute Gasteiger partial charge is 0.341 e. The fourth-order valence-corrected chi connectivity index (χ4v) is 3.55. The van der Waals surface area contributed by atoms with Crippen molar-refractivity contribution in [3.8, 4) is 17.6 Å². The van der Waals surface area contributed by atoms with Crippen molar-refractivity contribution in [2.75, 3.05) is 7.11 Å². The molecule has 4 nitrogen and oxygen atoms in total. The van der Waals surface area contributed by atoms with Gasteiger partial charge in [-0.25, -0.2) is 4.79 Å². The summed E-state index contributed by atoms with van der Waals surface area (Å²) in [6.07, 6.45) is 3.25. The summed E-state index contributed by atoms with van der Waals surface area (Å²) in [5.74, 6) is 4.25. The van der Waals surface area contributed by atoms with E-state index in [2.05, 4.69) is 30.4 Å². The van der Waals surface area contributed by atoms with Crippen molar-refractivity contribution in [3.05, 3.63) is 64.2 Å². The van der Waals surface area contributed by atoms with Gasteiger partial charge in [0, 0.05) is 11.1 Å². The van der Waals surface area contributed by atoms with Gasteiger partial charge in [-0.2, -0.15) is 0 Å². The van der Waals surface area contributed by atoms with Crippen LogP contribution in [0.2, 0.25) is 0 Å². The Hall–Kier alpha value is -3.06. The highest BCUT2D eigenvalue weighted by Crippen LogP contribution is 2.37. The van der Waals surface area contributed by atoms with Crippen LogP contribution in [0.5, 0.6) is 5.75 Å². The Morgan fingerprint density at radius 2 is 1.93 bits per heavy atom. The van der Waals surface area contributed by atoms with E-state index in [1.165, 1.54) is 30.4 Å². The lowest BCUT2D eigenvalue weighted by atomic mass is 9.72. The van der Waals surface area contributed by atoms with Crippen molar-refractivity contribution in [1.82, 2.24) is 0 Å². The summed E-state index contributed by atoms with van der Waals surface area (Å²) in [4.78, 5) is 23.9. The van der Waals surface area contributed by atoms with Crippen molar-refractivity contribution < 1.29 is 19.4 Å². The lowest BCUT2D eigenvalue weighted by Gasteiger charge is -2.32. The van der Waals surface area contributed by atoms with E-state index in [1.54, 1.807) is 6.07 Å². The Morgan fingerprint density at radius 3 is 2.63 bits per heavy atom. The van der Waals surface area contributed by atoms with Crippen molar-refractivity contribution in [2.24, 2.45) is 0 Å². The molecule has 0 heterocycles. The van der Waals surface area contributed by atoms with Crippen LogP contribution < -0.4 is 0 Å². The lowest BCUT2D eigenvalue weighted by Crippen LogP contribution is -2.24. The molecule has 138 valence electrons. The number of aryl methyl sites for hydroxylation is 1. The second kappa shape index (κ2) is 7.28. The van der Waals surface area contributed by atoms with Crippen LogP contribution in [-0.2, 0) is 16.6 Å². The van der Waals surface area contributed by atoms with E-state index in [9.17, 15) is 14.7 Å². The van der Waals surface area contributed by atoms with Crippen molar-refractivity contribution in [2.45, 2.75) is 38.5 Å². The predicted octanol–water partition coefficient (Wildman–Crippen LogP) is 4.03. The number of carbonyl (C=O) groups excluding carboxylic acids is 2. The van der Waals surface area contributed by atoms with Crippen LogP contribution in [0.15, 0.2) is 36.4 Å². The number of carbonyl (C=O) groups is 2. The van der Waals surface area contributed by atoms with Crippen LogP contribution in [0.3, 0.4) is 0 Å². The number of Topliss-reactive ketones (excluding diaryl/α,β-unsaturated/α-hetero) is 1. The van der Waals surface area contributed by atoms with E-state index in [-0.39, 0.29) is 22.5 Å². The number of esters is 1. The SMILES string of the molecule is COC(=O)c1ccc(C#CC(=O)c2ccc3c(c2)CCCC3(C)C)cc1O. The average Bonchev–Trinajstić information content (AvgIpc) is 2.65. The summed E-state index contributed by atoms with van der Waals surface area (Å²) < 4.78 is 4.58. The maximum atomic E-state index is 12.5. The number of fused-ring (bicyclic) bond motifs is 1. The molecule has 0 spiro atoms.